The molecule has 1 aliphatic heterocycles. The second-order valence-electron chi connectivity index (χ2n) is 7.61. The van der Waals surface area contributed by atoms with Crippen LogP contribution in [-0.2, 0) is 11.3 Å². The molecule has 1 aliphatic rings. The van der Waals surface area contributed by atoms with Crippen molar-refractivity contribution >= 4 is 23.2 Å². The fourth-order valence-corrected chi connectivity index (χ4v) is 3.79. The van der Waals surface area contributed by atoms with Crippen molar-refractivity contribution in [1.82, 2.24) is 15.1 Å². The Kier molecular flexibility index (Phi) is 6.94. The molecular formula is C22H19ClF4N4O2. The molecule has 1 aromatic heterocycles. The molecule has 1 saturated heterocycles. The third-order valence-corrected chi connectivity index (χ3v) is 5.62. The Morgan fingerprint density at radius 1 is 1.09 bits per heavy atom. The minimum Gasteiger partial charge on any atom is -0.415 e. The SMILES string of the molecule is O=C(CN1CCCC1)N(Cc1ccc(-c2nnc(C(F)F)o2)cc1F)c1ccc(F)c(Cl)c1. The molecule has 11 heteroatoms. The molecule has 1 amide bonds. The van der Waals surface area contributed by atoms with Gasteiger partial charge in [-0.2, -0.15) is 8.78 Å². The maximum absolute atomic E-state index is 14.9. The Morgan fingerprint density at radius 2 is 1.85 bits per heavy atom. The third-order valence-electron chi connectivity index (χ3n) is 5.33. The van der Waals surface area contributed by atoms with Crippen LogP contribution in [0, 0.1) is 11.6 Å². The predicted octanol–water partition coefficient (Wildman–Crippen LogP) is 5.23. The summed E-state index contributed by atoms with van der Waals surface area (Å²) in [6, 6.07) is 7.76. The summed E-state index contributed by atoms with van der Waals surface area (Å²) in [5, 5.41) is 6.58. The van der Waals surface area contributed by atoms with E-state index in [0.717, 1.165) is 38.1 Å². The number of aromatic nitrogens is 2. The van der Waals surface area contributed by atoms with E-state index in [1.54, 1.807) is 0 Å². The number of hydrogen-bond donors (Lipinski definition) is 0. The van der Waals surface area contributed by atoms with Crippen LogP contribution in [0.4, 0.5) is 23.2 Å². The summed E-state index contributed by atoms with van der Waals surface area (Å²) in [5.41, 5.74) is 0.602. The Labute approximate surface area is 191 Å². The van der Waals surface area contributed by atoms with Crippen LogP contribution in [-0.4, -0.2) is 40.6 Å². The number of amides is 1. The summed E-state index contributed by atoms with van der Waals surface area (Å²) in [6.45, 7) is 1.56. The molecule has 2 aromatic carbocycles. The van der Waals surface area contributed by atoms with Crippen molar-refractivity contribution in [1.29, 1.82) is 0 Å². The second-order valence-corrected chi connectivity index (χ2v) is 8.02. The lowest BCUT2D eigenvalue weighted by molar-refractivity contribution is -0.119. The van der Waals surface area contributed by atoms with E-state index >= 15 is 0 Å². The molecule has 0 unspecified atom stereocenters. The van der Waals surface area contributed by atoms with Crippen LogP contribution in [0.2, 0.25) is 5.02 Å². The summed E-state index contributed by atoms with van der Waals surface area (Å²) in [7, 11) is 0. The van der Waals surface area contributed by atoms with Gasteiger partial charge in [0, 0.05) is 16.8 Å². The molecule has 174 valence electrons. The maximum Gasteiger partial charge on any atom is 0.314 e. The summed E-state index contributed by atoms with van der Waals surface area (Å²) >= 11 is 5.91. The molecule has 0 saturated carbocycles. The first-order valence-electron chi connectivity index (χ1n) is 10.2. The van der Waals surface area contributed by atoms with E-state index in [1.807, 2.05) is 4.90 Å². The van der Waals surface area contributed by atoms with Crippen molar-refractivity contribution in [2.24, 2.45) is 0 Å². The fraction of sp³-hybridized carbons (Fsp3) is 0.318. The molecule has 0 atom stereocenters. The van der Waals surface area contributed by atoms with Gasteiger partial charge < -0.3 is 9.32 Å². The number of alkyl halides is 2. The lowest BCUT2D eigenvalue weighted by Crippen LogP contribution is -2.39. The fourth-order valence-electron chi connectivity index (χ4n) is 3.61. The minimum atomic E-state index is -2.94. The number of hydrogen-bond acceptors (Lipinski definition) is 5. The van der Waals surface area contributed by atoms with Gasteiger partial charge >= 0.3 is 6.43 Å². The Morgan fingerprint density at radius 3 is 2.48 bits per heavy atom. The molecule has 0 bridgehead atoms. The molecule has 1 fully saturated rings. The first kappa shape index (κ1) is 23.2. The summed E-state index contributed by atoms with van der Waals surface area (Å²) in [5.74, 6) is -2.73. The second kappa shape index (κ2) is 9.88. The van der Waals surface area contributed by atoms with Gasteiger partial charge in [-0.05, 0) is 56.3 Å². The van der Waals surface area contributed by atoms with Crippen LogP contribution in [0.5, 0.6) is 0 Å². The van der Waals surface area contributed by atoms with E-state index in [4.69, 9.17) is 16.0 Å². The van der Waals surface area contributed by atoms with Crippen molar-refractivity contribution in [3.05, 3.63) is 64.5 Å². The zero-order chi connectivity index (χ0) is 23.5. The largest absolute Gasteiger partial charge is 0.415 e. The molecule has 0 spiro atoms. The van der Waals surface area contributed by atoms with Gasteiger partial charge in [0.05, 0.1) is 18.1 Å². The zero-order valence-corrected chi connectivity index (χ0v) is 18.0. The van der Waals surface area contributed by atoms with E-state index in [1.165, 1.54) is 29.2 Å². The van der Waals surface area contributed by atoms with Crippen LogP contribution >= 0.6 is 11.6 Å². The summed E-state index contributed by atoms with van der Waals surface area (Å²) in [4.78, 5) is 16.4. The van der Waals surface area contributed by atoms with E-state index < -0.39 is 24.0 Å². The van der Waals surface area contributed by atoms with Gasteiger partial charge in [0.1, 0.15) is 11.6 Å². The monoisotopic (exact) mass is 482 g/mol. The topological polar surface area (TPSA) is 62.5 Å². The summed E-state index contributed by atoms with van der Waals surface area (Å²) in [6.07, 6.45) is -0.947. The van der Waals surface area contributed by atoms with Gasteiger partial charge in [-0.1, -0.05) is 17.7 Å². The van der Waals surface area contributed by atoms with Gasteiger partial charge in [0.2, 0.25) is 11.8 Å². The molecule has 0 N–H and O–H groups in total. The smallest absolute Gasteiger partial charge is 0.314 e. The van der Waals surface area contributed by atoms with Gasteiger partial charge in [-0.15, -0.1) is 10.2 Å². The summed E-state index contributed by atoms with van der Waals surface area (Å²) < 4.78 is 58.8. The Balaban J connectivity index is 1.60. The van der Waals surface area contributed by atoms with E-state index in [-0.39, 0.29) is 41.0 Å². The van der Waals surface area contributed by atoms with Crippen molar-refractivity contribution < 1.29 is 26.8 Å². The Bertz CT molecular complexity index is 1150. The number of rotatable bonds is 7. The molecule has 33 heavy (non-hydrogen) atoms. The quantitative estimate of drug-likeness (QED) is 0.431. The predicted molar refractivity (Wildman–Crippen MR) is 113 cm³/mol. The first-order chi connectivity index (χ1) is 15.8. The average molecular weight is 483 g/mol. The number of carbonyl (C=O) groups is 1. The van der Waals surface area contributed by atoms with E-state index in [2.05, 4.69) is 10.2 Å². The highest BCUT2D eigenvalue weighted by molar-refractivity contribution is 6.31. The van der Waals surface area contributed by atoms with Gasteiger partial charge in [0.25, 0.3) is 5.89 Å². The van der Waals surface area contributed by atoms with E-state index in [9.17, 15) is 22.4 Å². The average Bonchev–Trinajstić information content (AvgIpc) is 3.47. The van der Waals surface area contributed by atoms with E-state index in [0.29, 0.717) is 5.69 Å². The lowest BCUT2D eigenvalue weighted by Gasteiger charge is -2.26. The standard InChI is InChI=1S/C22H19ClF4N4O2/c23-16-10-15(5-6-17(16)24)31(19(32)12-30-7-1-2-8-30)11-14-4-3-13(9-18(14)25)21-28-29-22(33-21)20(26)27/h3-6,9-10,20H,1-2,7-8,11-12H2. The molecule has 2 heterocycles. The highest BCUT2D eigenvalue weighted by Crippen LogP contribution is 2.28. The van der Waals surface area contributed by atoms with Crippen LogP contribution in [0.3, 0.4) is 0 Å². The van der Waals surface area contributed by atoms with Gasteiger partial charge in [-0.25, -0.2) is 8.78 Å². The van der Waals surface area contributed by atoms with Crippen LogP contribution in [0.1, 0.15) is 30.7 Å². The third kappa shape index (κ3) is 5.33. The highest BCUT2D eigenvalue weighted by atomic mass is 35.5. The van der Waals surface area contributed by atoms with Crippen molar-refractivity contribution in [3.63, 3.8) is 0 Å². The normalized spacial score (nSPS) is 14.2. The number of likely N-dealkylation sites (tertiary alicyclic amines) is 1. The van der Waals surface area contributed by atoms with Crippen molar-refractivity contribution in [2.45, 2.75) is 25.8 Å². The Hall–Kier alpha value is -2.98. The number of nitrogens with zero attached hydrogens (tertiary/aromatic N) is 4. The number of halogens is 5. The van der Waals surface area contributed by atoms with Crippen molar-refractivity contribution in [2.75, 3.05) is 24.5 Å². The molecule has 0 radical (unpaired) electrons. The first-order valence-corrected chi connectivity index (χ1v) is 10.6. The molecule has 0 aliphatic carbocycles. The molecule has 3 aromatic rings. The van der Waals surface area contributed by atoms with Gasteiger partial charge in [-0.3, -0.25) is 9.69 Å². The number of anilines is 1. The molecular weight excluding hydrogens is 464 g/mol. The molecule has 4 rings (SSSR count). The lowest BCUT2D eigenvalue weighted by atomic mass is 10.1. The molecule has 6 nitrogen and oxygen atoms in total. The highest BCUT2D eigenvalue weighted by Gasteiger charge is 2.24. The number of benzene rings is 2. The van der Waals surface area contributed by atoms with Crippen LogP contribution in [0.25, 0.3) is 11.5 Å². The van der Waals surface area contributed by atoms with Gasteiger partial charge in [0.15, 0.2) is 0 Å². The zero-order valence-electron chi connectivity index (χ0n) is 17.3. The maximum atomic E-state index is 14.9. The van der Waals surface area contributed by atoms with Crippen LogP contribution in [0.15, 0.2) is 40.8 Å². The minimum absolute atomic E-state index is 0.121. The van der Waals surface area contributed by atoms with Crippen LogP contribution < -0.4 is 4.90 Å². The number of carbonyl (C=O) groups excluding carboxylic acids is 1. The van der Waals surface area contributed by atoms with Crippen molar-refractivity contribution in [3.8, 4) is 11.5 Å².